The van der Waals surface area contributed by atoms with Crippen LogP contribution >= 0.6 is 0 Å². The van der Waals surface area contributed by atoms with Gasteiger partial charge in [0.15, 0.2) is 6.23 Å². The molecule has 4 rings (SSSR count). The van der Waals surface area contributed by atoms with Gasteiger partial charge in [0.2, 0.25) is 17.8 Å². The number of pyridine rings is 1. The predicted molar refractivity (Wildman–Crippen MR) is 115 cm³/mol. The van der Waals surface area contributed by atoms with Gasteiger partial charge in [0.25, 0.3) is 0 Å². The van der Waals surface area contributed by atoms with Crippen LogP contribution in [-0.4, -0.2) is 90.7 Å². The number of anilines is 3. The summed E-state index contributed by atoms with van der Waals surface area (Å²) in [5.41, 5.74) is 0.804. The maximum absolute atomic E-state index is 10.3. The quantitative estimate of drug-likeness (QED) is 0.295. The van der Waals surface area contributed by atoms with Crippen molar-refractivity contribution in [2.24, 2.45) is 0 Å². The summed E-state index contributed by atoms with van der Waals surface area (Å²) in [5.74, 6) is 0.810. The van der Waals surface area contributed by atoms with Gasteiger partial charge >= 0.3 is 0 Å². The topological polar surface area (TPSA) is 169 Å². The zero-order valence-electron chi connectivity index (χ0n) is 17.6. The van der Waals surface area contributed by atoms with Gasteiger partial charge in [-0.2, -0.15) is 15.0 Å². The third-order valence-electron chi connectivity index (χ3n) is 5.69. The lowest BCUT2D eigenvalue weighted by atomic mass is 10.0. The molecule has 2 aliphatic heterocycles. The minimum Gasteiger partial charge on any atom is -0.394 e. The minimum atomic E-state index is -1.27. The number of aliphatic hydroxyl groups is 4. The maximum atomic E-state index is 10.3. The van der Waals surface area contributed by atoms with Crippen LogP contribution < -0.4 is 15.5 Å². The fourth-order valence-electron chi connectivity index (χ4n) is 3.91. The normalized spacial score (nSPS) is 28.0. The van der Waals surface area contributed by atoms with Crippen molar-refractivity contribution in [3.8, 4) is 0 Å². The minimum absolute atomic E-state index is 0.0139. The Morgan fingerprint density at radius 2 is 1.88 bits per heavy atom. The van der Waals surface area contributed by atoms with Crippen LogP contribution in [0.2, 0.25) is 0 Å². The highest BCUT2D eigenvalue weighted by atomic mass is 16.6. The Hall–Kier alpha value is -2.64. The summed E-state index contributed by atoms with van der Waals surface area (Å²) >= 11 is 0. The van der Waals surface area contributed by atoms with Crippen LogP contribution in [0.3, 0.4) is 0 Å². The van der Waals surface area contributed by atoms with Crippen molar-refractivity contribution in [1.82, 2.24) is 19.9 Å². The largest absolute Gasteiger partial charge is 0.394 e. The fraction of sp³-hybridized carbons (Fsp3) is 0.600. The number of nitrogens with zero attached hydrogens (tertiary/aromatic N) is 5. The van der Waals surface area contributed by atoms with Crippen LogP contribution in [-0.2, 0) is 11.3 Å². The molecule has 0 aliphatic carbocycles. The zero-order valence-corrected chi connectivity index (χ0v) is 17.6. The van der Waals surface area contributed by atoms with Gasteiger partial charge in [-0.1, -0.05) is 6.07 Å². The summed E-state index contributed by atoms with van der Waals surface area (Å²) < 4.78 is 5.49. The SMILES string of the molecule is OCC1CCCCN1c1nc(NCc2ccccn2)nc(N[C@@H]2O[C@H](CO)[C@@H](O)[C@H]2O)n1. The highest BCUT2D eigenvalue weighted by Gasteiger charge is 2.42. The Kier molecular flexibility index (Phi) is 7.27. The van der Waals surface area contributed by atoms with Crippen LogP contribution in [0.15, 0.2) is 24.4 Å². The Morgan fingerprint density at radius 1 is 1.03 bits per heavy atom. The van der Waals surface area contributed by atoms with E-state index in [0.29, 0.717) is 19.0 Å². The molecular formula is C20H29N7O5. The third-order valence-corrected chi connectivity index (χ3v) is 5.69. The highest BCUT2D eigenvalue weighted by molar-refractivity contribution is 5.45. The first-order valence-electron chi connectivity index (χ1n) is 10.8. The van der Waals surface area contributed by atoms with E-state index in [-0.39, 0.29) is 24.5 Å². The van der Waals surface area contributed by atoms with E-state index in [4.69, 9.17) is 4.74 Å². The summed E-state index contributed by atoms with van der Waals surface area (Å²) in [6.45, 7) is 0.644. The van der Waals surface area contributed by atoms with Crippen LogP contribution in [0, 0.1) is 0 Å². The molecule has 0 saturated carbocycles. The van der Waals surface area contributed by atoms with E-state index < -0.39 is 31.1 Å². The summed E-state index contributed by atoms with van der Waals surface area (Å²) in [4.78, 5) is 19.6. The van der Waals surface area contributed by atoms with Crippen LogP contribution in [0.1, 0.15) is 25.0 Å². The van der Waals surface area contributed by atoms with Crippen molar-refractivity contribution in [2.45, 2.75) is 56.4 Å². The summed E-state index contributed by atoms with van der Waals surface area (Å²) in [6, 6.07) is 5.49. The molecule has 174 valence electrons. The van der Waals surface area contributed by atoms with Gasteiger partial charge in [-0.15, -0.1) is 0 Å². The molecule has 0 radical (unpaired) electrons. The first-order chi connectivity index (χ1) is 15.6. The van der Waals surface area contributed by atoms with Gasteiger partial charge in [0, 0.05) is 12.7 Å². The molecule has 1 unspecified atom stereocenters. The van der Waals surface area contributed by atoms with Crippen molar-refractivity contribution in [1.29, 1.82) is 0 Å². The van der Waals surface area contributed by atoms with Crippen LogP contribution in [0.25, 0.3) is 0 Å². The number of nitrogens with one attached hydrogen (secondary N) is 2. The zero-order chi connectivity index (χ0) is 22.5. The van der Waals surface area contributed by atoms with E-state index in [1.54, 1.807) is 6.20 Å². The lowest BCUT2D eigenvalue weighted by Crippen LogP contribution is -2.43. The summed E-state index contributed by atoms with van der Waals surface area (Å²) in [6.07, 6.45) is 0.0869. The van der Waals surface area contributed by atoms with E-state index in [1.807, 2.05) is 23.1 Å². The van der Waals surface area contributed by atoms with E-state index in [9.17, 15) is 20.4 Å². The highest BCUT2D eigenvalue weighted by Crippen LogP contribution is 2.26. The lowest BCUT2D eigenvalue weighted by molar-refractivity contribution is -0.0154. The molecule has 2 aliphatic rings. The first kappa shape index (κ1) is 22.6. The molecule has 0 spiro atoms. The Labute approximate surface area is 185 Å². The molecule has 0 bridgehead atoms. The molecule has 32 heavy (non-hydrogen) atoms. The molecule has 6 N–H and O–H groups in total. The van der Waals surface area contributed by atoms with E-state index in [0.717, 1.165) is 25.0 Å². The molecule has 0 amide bonds. The maximum Gasteiger partial charge on any atom is 0.232 e. The fourth-order valence-corrected chi connectivity index (χ4v) is 3.91. The van der Waals surface area contributed by atoms with Gasteiger partial charge in [0.1, 0.15) is 18.3 Å². The molecule has 5 atom stereocenters. The van der Waals surface area contributed by atoms with E-state index in [2.05, 4.69) is 30.6 Å². The molecule has 12 nitrogen and oxygen atoms in total. The number of hydrogen-bond donors (Lipinski definition) is 6. The van der Waals surface area contributed by atoms with Crippen LogP contribution in [0.4, 0.5) is 17.8 Å². The smallest absolute Gasteiger partial charge is 0.232 e. The Balaban J connectivity index is 1.58. The van der Waals surface area contributed by atoms with Gasteiger partial charge < -0.3 is 40.7 Å². The standard InChI is InChI=1S/C20H29N7O5/c28-10-13-6-2-4-8-27(13)20-25-18(22-9-12-5-1-3-7-21-12)24-19(26-20)23-17-16(31)15(30)14(11-29)32-17/h1,3,5,7,13-17,28-31H,2,4,6,8-11H2,(H2,22,23,24,25,26)/t13?,14-,15-,16-,17-/m1/s1. The van der Waals surface area contributed by atoms with Gasteiger partial charge in [0.05, 0.1) is 31.5 Å². The van der Waals surface area contributed by atoms with Crippen molar-refractivity contribution in [3.05, 3.63) is 30.1 Å². The van der Waals surface area contributed by atoms with Crippen molar-refractivity contribution in [2.75, 3.05) is 35.3 Å². The number of aromatic nitrogens is 4. The van der Waals surface area contributed by atoms with Crippen molar-refractivity contribution in [3.63, 3.8) is 0 Å². The number of rotatable bonds is 8. The average Bonchev–Trinajstić information content (AvgIpc) is 3.11. The molecule has 2 saturated heterocycles. The third kappa shape index (κ3) is 5.05. The van der Waals surface area contributed by atoms with E-state index >= 15 is 0 Å². The number of aliphatic hydroxyl groups excluding tert-OH is 4. The predicted octanol–water partition coefficient (Wildman–Crippen LogP) is -0.919. The molecule has 4 heterocycles. The monoisotopic (exact) mass is 447 g/mol. The second-order valence-corrected chi connectivity index (χ2v) is 7.89. The molecule has 2 aromatic heterocycles. The lowest BCUT2D eigenvalue weighted by Gasteiger charge is -2.34. The Morgan fingerprint density at radius 3 is 2.59 bits per heavy atom. The van der Waals surface area contributed by atoms with Crippen molar-refractivity contribution < 1.29 is 25.2 Å². The van der Waals surface area contributed by atoms with E-state index in [1.165, 1.54) is 0 Å². The van der Waals surface area contributed by atoms with Crippen LogP contribution in [0.5, 0.6) is 0 Å². The summed E-state index contributed by atoms with van der Waals surface area (Å²) in [5, 5.41) is 45.4. The molecule has 12 heteroatoms. The van der Waals surface area contributed by atoms with Crippen molar-refractivity contribution >= 4 is 17.8 Å². The first-order valence-corrected chi connectivity index (χ1v) is 10.8. The number of hydrogen-bond acceptors (Lipinski definition) is 12. The molecule has 0 aromatic carbocycles. The summed E-state index contributed by atoms with van der Waals surface area (Å²) in [7, 11) is 0. The number of piperidine rings is 1. The second-order valence-electron chi connectivity index (χ2n) is 7.89. The molecule has 2 aromatic rings. The second kappa shape index (κ2) is 10.3. The van der Waals surface area contributed by atoms with Gasteiger partial charge in [-0.05, 0) is 31.4 Å². The van der Waals surface area contributed by atoms with Gasteiger partial charge in [-0.25, -0.2) is 0 Å². The average molecular weight is 447 g/mol. The van der Waals surface area contributed by atoms with Gasteiger partial charge in [-0.3, -0.25) is 4.98 Å². The Bertz CT molecular complexity index is 877. The molecular weight excluding hydrogens is 418 g/mol. The molecule has 2 fully saturated rings. The number of ether oxygens (including phenoxy) is 1.